The molecular weight excluding hydrogens is 489 g/mol. The fraction of sp³-hybridized carbons (Fsp3) is 0. The van der Waals surface area contributed by atoms with E-state index in [2.05, 4.69) is 19.9 Å². The highest BCUT2D eigenvalue weighted by Gasteiger charge is 2.15. The molecule has 0 saturated carbocycles. The van der Waals surface area contributed by atoms with Crippen LogP contribution < -0.4 is 10.5 Å². The summed E-state index contributed by atoms with van der Waals surface area (Å²) in [5.74, 6) is 0. The van der Waals surface area contributed by atoms with Crippen molar-refractivity contribution in [3.8, 4) is 11.3 Å². The van der Waals surface area contributed by atoms with Crippen LogP contribution in [0.5, 0.6) is 0 Å². The highest BCUT2D eigenvalue weighted by Crippen LogP contribution is 2.38. The molecule has 0 spiro atoms. The average Bonchev–Trinajstić information content (AvgIpc) is 3.13. The number of hydrogen-bond acceptors (Lipinski definition) is 7. The van der Waals surface area contributed by atoms with Crippen LogP contribution >= 0.6 is 34.5 Å². The Balaban J connectivity index is 1.60. The normalized spacial score (nSPS) is 11.7. The maximum atomic E-state index is 12.7. The molecule has 4 rings (SSSR count). The minimum atomic E-state index is -3.84. The number of nitrogen functional groups attached to an aromatic ring is 1. The number of benzene rings is 3. The van der Waals surface area contributed by atoms with Crippen LogP contribution in [0.15, 0.2) is 87.9 Å². The van der Waals surface area contributed by atoms with Crippen molar-refractivity contribution in [2.24, 2.45) is 10.2 Å². The second kappa shape index (κ2) is 9.25. The average molecular weight is 504 g/mol. The van der Waals surface area contributed by atoms with Crippen LogP contribution in [0.4, 0.5) is 21.5 Å². The van der Waals surface area contributed by atoms with E-state index in [9.17, 15) is 8.42 Å². The van der Waals surface area contributed by atoms with E-state index in [-0.39, 0.29) is 4.90 Å². The quantitative estimate of drug-likeness (QED) is 0.278. The van der Waals surface area contributed by atoms with Crippen molar-refractivity contribution in [2.75, 3.05) is 10.5 Å². The Hall–Kier alpha value is -2.98. The summed E-state index contributed by atoms with van der Waals surface area (Å²) in [4.78, 5) is 4.35. The van der Waals surface area contributed by atoms with E-state index >= 15 is 0 Å². The lowest BCUT2D eigenvalue weighted by Gasteiger charge is -2.08. The molecule has 0 amide bonds. The van der Waals surface area contributed by atoms with Crippen LogP contribution in [0.3, 0.4) is 0 Å². The summed E-state index contributed by atoms with van der Waals surface area (Å²) in [6, 6.07) is 19.7. The molecule has 0 bridgehead atoms. The van der Waals surface area contributed by atoms with Gasteiger partial charge in [-0.3, -0.25) is 4.72 Å². The van der Waals surface area contributed by atoms with Gasteiger partial charge in [0.2, 0.25) is 0 Å². The van der Waals surface area contributed by atoms with Crippen LogP contribution in [0.1, 0.15) is 0 Å². The van der Waals surface area contributed by atoms with E-state index in [0.29, 0.717) is 37.2 Å². The van der Waals surface area contributed by atoms with Gasteiger partial charge in [0.1, 0.15) is 5.69 Å². The summed E-state index contributed by atoms with van der Waals surface area (Å²) in [7, 11) is -3.84. The van der Waals surface area contributed by atoms with Crippen LogP contribution in [-0.4, -0.2) is 13.4 Å². The lowest BCUT2D eigenvalue weighted by Crippen LogP contribution is -2.12. The zero-order chi connectivity index (χ0) is 22.7. The molecule has 11 heteroatoms. The fourth-order valence-electron chi connectivity index (χ4n) is 2.77. The van der Waals surface area contributed by atoms with Gasteiger partial charge in [-0.1, -0.05) is 58.8 Å². The molecule has 0 saturated heterocycles. The molecule has 162 valence electrons. The summed E-state index contributed by atoms with van der Waals surface area (Å²) in [5, 5.41) is 10.3. The number of thiazole rings is 1. The summed E-state index contributed by atoms with van der Waals surface area (Å²) >= 11 is 13.1. The Kier molecular flexibility index (Phi) is 6.43. The number of anilines is 2. The van der Waals surface area contributed by atoms with Crippen LogP contribution in [-0.2, 0) is 10.0 Å². The Bertz CT molecular complexity index is 1400. The summed E-state index contributed by atoms with van der Waals surface area (Å²) in [6.45, 7) is 0. The topological polar surface area (TPSA) is 110 Å². The largest absolute Gasteiger partial charge is 0.375 e. The molecule has 1 aromatic heterocycles. The van der Waals surface area contributed by atoms with E-state index < -0.39 is 10.0 Å². The van der Waals surface area contributed by atoms with Crippen LogP contribution in [0.25, 0.3) is 11.3 Å². The number of rotatable bonds is 6. The smallest absolute Gasteiger partial charge is 0.261 e. The Labute approximate surface area is 198 Å². The minimum absolute atomic E-state index is 0.0377. The SMILES string of the molecule is Nc1nc(-c2ccc(Cl)cc2)c(N=Nc2cccc(S(=O)(=O)Nc3cccc(Cl)c3)c2)s1. The zero-order valence-corrected chi connectivity index (χ0v) is 19.4. The van der Waals surface area contributed by atoms with E-state index in [0.717, 1.165) is 5.56 Å². The molecule has 0 atom stereocenters. The molecule has 0 aliphatic carbocycles. The summed E-state index contributed by atoms with van der Waals surface area (Å²) in [5.41, 5.74) is 7.94. The summed E-state index contributed by atoms with van der Waals surface area (Å²) < 4.78 is 28.0. The number of nitrogens with zero attached hydrogens (tertiary/aromatic N) is 3. The van der Waals surface area contributed by atoms with Crippen molar-refractivity contribution >= 4 is 66.1 Å². The van der Waals surface area contributed by atoms with Gasteiger partial charge in [-0.05, 0) is 48.5 Å². The van der Waals surface area contributed by atoms with E-state index in [1.54, 1.807) is 42.5 Å². The van der Waals surface area contributed by atoms with Gasteiger partial charge >= 0.3 is 0 Å². The number of azo groups is 1. The maximum absolute atomic E-state index is 12.7. The fourth-order valence-corrected chi connectivity index (χ4v) is 4.86. The molecule has 0 aliphatic heterocycles. The van der Waals surface area contributed by atoms with Crippen LogP contribution in [0.2, 0.25) is 10.0 Å². The molecule has 7 nitrogen and oxygen atoms in total. The molecule has 3 N–H and O–H groups in total. The molecule has 0 radical (unpaired) electrons. The lowest BCUT2D eigenvalue weighted by atomic mass is 10.2. The Morgan fingerprint density at radius 1 is 0.906 bits per heavy atom. The first-order valence-electron chi connectivity index (χ1n) is 9.12. The van der Waals surface area contributed by atoms with Crippen molar-refractivity contribution < 1.29 is 8.42 Å². The Morgan fingerprint density at radius 3 is 2.41 bits per heavy atom. The van der Waals surface area contributed by atoms with Gasteiger partial charge < -0.3 is 5.73 Å². The lowest BCUT2D eigenvalue weighted by molar-refractivity contribution is 0.601. The number of hydrogen-bond donors (Lipinski definition) is 2. The molecule has 0 unspecified atom stereocenters. The number of nitrogens with one attached hydrogen (secondary N) is 1. The first-order valence-corrected chi connectivity index (χ1v) is 12.2. The standard InChI is InChI=1S/C21H15Cl2N5O2S2/c22-14-9-7-13(8-10-14)19-20(31-21(24)25-19)27-26-16-4-2-6-18(12-16)32(29,30)28-17-5-1-3-15(23)11-17/h1-12,28H,(H2,24,25). The third kappa shape index (κ3) is 5.25. The van der Waals surface area contributed by atoms with Gasteiger partial charge in [-0.2, -0.15) is 0 Å². The summed E-state index contributed by atoms with van der Waals surface area (Å²) in [6.07, 6.45) is 0. The maximum Gasteiger partial charge on any atom is 0.261 e. The van der Waals surface area contributed by atoms with Gasteiger partial charge in [0.05, 0.1) is 16.3 Å². The minimum Gasteiger partial charge on any atom is -0.375 e. The van der Waals surface area contributed by atoms with Gasteiger partial charge in [-0.25, -0.2) is 13.4 Å². The number of sulfonamides is 1. The monoisotopic (exact) mass is 503 g/mol. The molecule has 0 fully saturated rings. The predicted molar refractivity (Wildman–Crippen MR) is 130 cm³/mol. The second-order valence-electron chi connectivity index (χ2n) is 6.53. The molecule has 1 heterocycles. The van der Waals surface area contributed by atoms with Crippen molar-refractivity contribution in [2.45, 2.75) is 4.90 Å². The molecule has 32 heavy (non-hydrogen) atoms. The highest BCUT2D eigenvalue weighted by atomic mass is 35.5. The van der Waals surface area contributed by atoms with E-state index in [4.69, 9.17) is 28.9 Å². The molecule has 0 aliphatic rings. The number of aromatic nitrogens is 1. The van der Waals surface area contributed by atoms with Crippen molar-refractivity contribution in [1.29, 1.82) is 0 Å². The van der Waals surface area contributed by atoms with Gasteiger partial charge in [0, 0.05) is 15.6 Å². The van der Waals surface area contributed by atoms with Gasteiger partial charge in [-0.15, -0.1) is 10.2 Å². The zero-order valence-electron chi connectivity index (χ0n) is 16.2. The van der Waals surface area contributed by atoms with Crippen molar-refractivity contribution in [3.05, 3.63) is 82.8 Å². The molecular formula is C21H15Cl2N5O2S2. The second-order valence-corrected chi connectivity index (χ2v) is 10.1. The first-order chi connectivity index (χ1) is 15.3. The molecule has 4 aromatic rings. The first kappa shape index (κ1) is 22.2. The number of nitrogens with two attached hydrogens (primary N) is 1. The third-order valence-corrected chi connectivity index (χ3v) is 6.84. The predicted octanol–water partition coefficient (Wildman–Crippen LogP) is 6.92. The van der Waals surface area contributed by atoms with Crippen LogP contribution in [0, 0.1) is 0 Å². The van der Waals surface area contributed by atoms with E-state index in [1.807, 2.05) is 12.1 Å². The third-order valence-electron chi connectivity index (χ3n) is 4.20. The van der Waals surface area contributed by atoms with Gasteiger partial charge in [0.25, 0.3) is 10.0 Å². The van der Waals surface area contributed by atoms with E-state index in [1.165, 1.54) is 29.5 Å². The van der Waals surface area contributed by atoms with Crippen molar-refractivity contribution in [3.63, 3.8) is 0 Å². The Morgan fingerprint density at radius 2 is 1.66 bits per heavy atom. The van der Waals surface area contributed by atoms with Crippen molar-refractivity contribution in [1.82, 2.24) is 4.98 Å². The number of halogens is 2. The molecule has 3 aromatic carbocycles. The highest BCUT2D eigenvalue weighted by molar-refractivity contribution is 7.92. The van der Waals surface area contributed by atoms with Gasteiger partial charge in [0.15, 0.2) is 10.1 Å².